The monoisotopic (exact) mass is 435 g/mol. The molecule has 1 heterocycles. The first kappa shape index (κ1) is 25.1. The maximum Gasteiger partial charge on any atom is 0.240 e. The lowest BCUT2D eigenvalue weighted by Crippen LogP contribution is -2.48. The van der Waals surface area contributed by atoms with Gasteiger partial charge in [-0.2, -0.15) is 4.98 Å². The summed E-state index contributed by atoms with van der Waals surface area (Å²) in [5, 5.41) is 7.55. The number of rotatable bonds is 7. The second-order valence-corrected chi connectivity index (χ2v) is 7.88. The number of nitrogens with two attached hydrogens (primary N) is 1. The van der Waals surface area contributed by atoms with E-state index in [4.69, 9.17) is 10.3 Å². The average molecular weight is 436 g/mol. The van der Waals surface area contributed by atoms with Crippen LogP contribution in [-0.4, -0.2) is 40.1 Å². The molecule has 28 heavy (non-hydrogen) atoms. The molecule has 2 aliphatic rings. The van der Waals surface area contributed by atoms with Crippen molar-refractivity contribution < 1.29 is 9.32 Å². The van der Waals surface area contributed by atoms with Crippen molar-refractivity contribution in [3.05, 3.63) is 11.7 Å². The molecule has 2 atom stereocenters. The van der Waals surface area contributed by atoms with E-state index in [0.717, 1.165) is 64.5 Å². The highest BCUT2D eigenvalue weighted by atomic mass is 35.5. The first-order valence-corrected chi connectivity index (χ1v) is 10.2. The van der Waals surface area contributed by atoms with Crippen molar-refractivity contribution >= 4 is 30.7 Å². The van der Waals surface area contributed by atoms with Gasteiger partial charge in [-0.1, -0.05) is 38.3 Å². The van der Waals surface area contributed by atoms with Crippen LogP contribution in [-0.2, 0) is 16.9 Å². The number of carbonyl (C=O) groups is 1. The molecule has 162 valence electrons. The molecule has 0 spiro atoms. The summed E-state index contributed by atoms with van der Waals surface area (Å²) >= 11 is 0. The zero-order chi connectivity index (χ0) is 18.6. The largest absolute Gasteiger partial charge is 0.343 e. The zero-order valence-corrected chi connectivity index (χ0v) is 18.6. The van der Waals surface area contributed by atoms with Crippen molar-refractivity contribution in [1.29, 1.82) is 0 Å². The summed E-state index contributed by atoms with van der Waals surface area (Å²) in [6, 6.07) is 0.143. The van der Waals surface area contributed by atoms with Gasteiger partial charge in [0, 0.05) is 12.0 Å². The quantitative estimate of drug-likeness (QED) is 0.682. The van der Waals surface area contributed by atoms with Gasteiger partial charge in [-0.05, 0) is 45.2 Å². The van der Waals surface area contributed by atoms with E-state index < -0.39 is 5.54 Å². The third-order valence-electron chi connectivity index (χ3n) is 6.05. The Morgan fingerprint density at radius 3 is 2.50 bits per heavy atom. The van der Waals surface area contributed by atoms with E-state index in [-0.39, 0.29) is 42.7 Å². The van der Waals surface area contributed by atoms with Gasteiger partial charge in [0.15, 0.2) is 5.82 Å². The number of hydrogen-bond donors (Lipinski definition) is 2. The van der Waals surface area contributed by atoms with Crippen molar-refractivity contribution in [2.24, 2.45) is 11.7 Å². The number of aromatic nitrogens is 2. The first-order valence-electron chi connectivity index (χ1n) is 10.2. The lowest BCUT2D eigenvalue weighted by Gasteiger charge is -2.32. The van der Waals surface area contributed by atoms with Crippen LogP contribution in [0.25, 0.3) is 0 Å². The van der Waals surface area contributed by atoms with E-state index in [1.165, 1.54) is 0 Å². The summed E-state index contributed by atoms with van der Waals surface area (Å²) in [5.74, 6) is 1.39. The molecule has 2 saturated carbocycles. The fraction of sp³-hybridized carbons (Fsp3) is 0.842. The molecule has 2 aliphatic carbocycles. The average Bonchev–Trinajstić information content (AvgIpc) is 3.30. The molecule has 9 heteroatoms. The molecule has 1 aromatic rings. The molecule has 3 rings (SSSR count). The Balaban J connectivity index is 0.00000196. The van der Waals surface area contributed by atoms with Crippen LogP contribution in [0.15, 0.2) is 4.52 Å². The van der Waals surface area contributed by atoms with E-state index in [9.17, 15) is 4.79 Å². The highest BCUT2D eigenvalue weighted by Gasteiger charge is 2.42. The Morgan fingerprint density at radius 1 is 1.21 bits per heavy atom. The number of nitrogens with zero attached hydrogens (tertiary/aromatic N) is 3. The first-order chi connectivity index (χ1) is 12.6. The van der Waals surface area contributed by atoms with Gasteiger partial charge in [-0.25, -0.2) is 0 Å². The number of nitrogens with one attached hydrogen (secondary N) is 1. The maximum atomic E-state index is 12.9. The van der Waals surface area contributed by atoms with Crippen LogP contribution in [0.5, 0.6) is 0 Å². The second-order valence-electron chi connectivity index (χ2n) is 7.88. The summed E-state index contributed by atoms with van der Waals surface area (Å²) in [7, 11) is 0. The van der Waals surface area contributed by atoms with Gasteiger partial charge >= 0.3 is 0 Å². The van der Waals surface area contributed by atoms with Crippen molar-refractivity contribution in [3.63, 3.8) is 0 Å². The fourth-order valence-corrected chi connectivity index (χ4v) is 4.34. The molecule has 0 aliphatic heterocycles. The highest BCUT2D eigenvalue weighted by molar-refractivity contribution is 5.85. The van der Waals surface area contributed by atoms with Gasteiger partial charge in [-0.15, -0.1) is 24.8 Å². The van der Waals surface area contributed by atoms with E-state index in [1.54, 1.807) is 0 Å². The lowest BCUT2D eigenvalue weighted by molar-refractivity contribution is -0.128. The fourth-order valence-electron chi connectivity index (χ4n) is 4.34. The van der Waals surface area contributed by atoms with Crippen LogP contribution in [0.4, 0.5) is 0 Å². The van der Waals surface area contributed by atoms with E-state index in [1.807, 2.05) is 0 Å². The van der Waals surface area contributed by atoms with Crippen LogP contribution in [0, 0.1) is 5.92 Å². The molecular weight excluding hydrogens is 401 g/mol. The van der Waals surface area contributed by atoms with Crippen LogP contribution >= 0.6 is 24.8 Å². The normalized spacial score (nSPS) is 23.7. The molecule has 7 nitrogen and oxygen atoms in total. The van der Waals surface area contributed by atoms with Gasteiger partial charge < -0.3 is 15.6 Å². The van der Waals surface area contributed by atoms with Gasteiger partial charge in [0.1, 0.15) is 5.54 Å². The number of hydrogen-bond acceptors (Lipinski definition) is 6. The number of halogens is 2. The molecule has 0 bridgehead atoms. The smallest absolute Gasteiger partial charge is 0.240 e. The Hall–Kier alpha value is -0.890. The van der Waals surface area contributed by atoms with Crippen LogP contribution in [0.1, 0.15) is 76.9 Å². The van der Waals surface area contributed by atoms with Crippen molar-refractivity contribution in [2.75, 3.05) is 13.1 Å². The standard InChI is InChI=1S/C19H33N5O2.2ClH/c1-3-24(4-2)13-16-21-18(23-26-16)19(10-5-6-11-19)22-17(25)14-8-7-9-15(20)12-14;;/h14-15H,3-13,20H2,1-2H3,(H,22,25);2*1H. The lowest BCUT2D eigenvalue weighted by atomic mass is 9.84. The van der Waals surface area contributed by atoms with Gasteiger partial charge in [-0.3, -0.25) is 9.69 Å². The van der Waals surface area contributed by atoms with Gasteiger partial charge in [0.05, 0.1) is 6.54 Å². The molecule has 1 amide bonds. The SMILES string of the molecule is CCN(CC)Cc1nc(C2(NC(=O)C3CCCC(N)C3)CCCC2)no1.Cl.Cl. The molecule has 2 unspecified atom stereocenters. The Morgan fingerprint density at radius 2 is 1.89 bits per heavy atom. The predicted molar refractivity (Wildman–Crippen MR) is 114 cm³/mol. The van der Waals surface area contributed by atoms with Gasteiger partial charge in [0.2, 0.25) is 11.8 Å². The van der Waals surface area contributed by atoms with Crippen LogP contribution in [0.2, 0.25) is 0 Å². The topological polar surface area (TPSA) is 97.3 Å². The van der Waals surface area contributed by atoms with Crippen LogP contribution < -0.4 is 11.1 Å². The zero-order valence-electron chi connectivity index (χ0n) is 17.0. The van der Waals surface area contributed by atoms with Crippen molar-refractivity contribution in [1.82, 2.24) is 20.4 Å². The third kappa shape index (κ3) is 5.81. The summed E-state index contributed by atoms with van der Waals surface area (Å²) in [4.78, 5) is 19.8. The van der Waals surface area contributed by atoms with E-state index in [0.29, 0.717) is 18.3 Å². The van der Waals surface area contributed by atoms with E-state index >= 15 is 0 Å². The Bertz CT molecular complexity index is 603. The molecule has 0 aromatic carbocycles. The molecule has 0 radical (unpaired) electrons. The predicted octanol–water partition coefficient (Wildman–Crippen LogP) is 3.16. The minimum atomic E-state index is -0.469. The third-order valence-corrected chi connectivity index (χ3v) is 6.05. The second kappa shape index (κ2) is 11.3. The molecule has 1 aromatic heterocycles. The van der Waals surface area contributed by atoms with E-state index in [2.05, 4.69) is 34.2 Å². The van der Waals surface area contributed by atoms with Crippen molar-refractivity contribution in [2.45, 2.75) is 83.3 Å². The number of carbonyl (C=O) groups excluding carboxylic acids is 1. The maximum absolute atomic E-state index is 12.9. The van der Waals surface area contributed by atoms with Crippen LogP contribution in [0.3, 0.4) is 0 Å². The molecule has 3 N–H and O–H groups in total. The Labute approximate surface area is 180 Å². The van der Waals surface area contributed by atoms with Gasteiger partial charge in [0.25, 0.3) is 0 Å². The van der Waals surface area contributed by atoms with Crippen molar-refractivity contribution in [3.8, 4) is 0 Å². The Kier molecular flexibility index (Phi) is 10.2. The molecule has 0 saturated heterocycles. The number of amides is 1. The summed E-state index contributed by atoms with van der Waals surface area (Å²) in [6.45, 7) is 6.78. The minimum absolute atomic E-state index is 0. The summed E-state index contributed by atoms with van der Waals surface area (Å²) in [5.41, 5.74) is 5.60. The molecule has 2 fully saturated rings. The minimum Gasteiger partial charge on any atom is -0.343 e. The molecular formula is C19H35Cl2N5O2. The summed E-state index contributed by atoms with van der Waals surface area (Å²) < 4.78 is 5.51. The summed E-state index contributed by atoms with van der Waals surface area (Å²) in [6.07, 6.45) is 7.66. The highest BCUT2D eigenvalue weighted by Crippen LogP contribution is 2.38.